The highest BCUT2D eigenvalue weighted by atomic mass is 14.2. The van der Waals surface area contributed by atoms with Crippen LogP contribution in [0.2, 0.25) is 0 Å². The van der Waals surface area contributed by atoms with Crippen LogP contribution < -0.4 is 0 Å². The molecule has 1 aliphatic carbocycles. The van der Waals surface area contributed by atoms with Crippen LogP contribution >= 0.6 is 0 Å². The molecule has 0 nitrogen and oxygen atoms in total. The van der Waals surface area contributed by atoms with E-state index in [4.69, 9.17) is 0 Å². The van der Waals surface area contributed by atoms with E-state index in [0.717, 1.165) is 5.92 Å². The molecule has 0 aliphatic heterocycles. The Bertz CT molecular complexity index is 153. The maximum Gasteiger partial charge on any atom is -0.0292 e. The number of allylic oxidation sites excluding steroid dienone is 2. The molecule has 0 fully saturated rings. The van der Waals surface area contributed by atoms with Crippen molar-refractivity contribution in [1.82, 2.24) is 0 Å². The fourth-order valence-electron chi connectivity index (χ4n) is 2.00. The van der Waals surface area contributed by atoms with E-state index in [1.165, 1.54) is 32.1 Å². The monoisotopic (exact) mass is 152 g/mol. The third-order valence-corrected chi connectivity index (χ3v) is 2.95. The zero-order chi connectivity index (χ0) is 8.27. The summed E-state index contributed by atoms with van der Waals surface area (Å²) in [6.45, 7) is 6.88. The first kappa shape index (κ1) is 8.83. The molecular weight excluding hydrogens is 132 g/mol. The second kappa shape index (κ2) is 3.94. The summed E-state index contributed by atoms with van der Waals surface area (Å²) in [5.41, 5.74) is 3.31. The average molecular weight is 152 g/mol. The molecule has 0 amide bonds. The van der Waals surface area contributed by atoms with E-state index in [0.29, 0.717) is 0 Å². The van der Waals surface area contributed by atoms with Crippen LogP contribution in [0.4, 0.5) is 0 Å². The zero-order valence-electron chi connectivity index (χ0n) is 8.11. The molecule has 0 radical (unpaired) electrons. The SMILES string of the molecule is CCCC1CCC(C)=C(C)C1. The molecular formula is C11H20. The Morgan fingerprint density at radius 1 is 1.27 bits per heavy atom. The van der Waals surface area contributed by atoms with Gasteiger partial charge in [-0.2, -0.15) is 0 Å². The highest BCUT2D eigenvalue weighted by Gasteiger charge is 2.14. The fourth-order valence-corrected chi connectivity index (χ4v) is 2.00. The van der Waals surface area contributed by atoms with E-state index in [-0.39, 0.29) is 0 Å². The molecule has 1 aliphatic rings. The molecule has 0 saturated heterocycles. The Kier molecular flexibility index (Phi) is 3.16. The molecule has 0 heteroatoms. The van der Waals surface area contributed by atoms with Gasteiger partial charge in [-0.3, -0.25) is 0 Å². The minimum Gasteiger partial charge on any atom is -0.0744 e. The van der Waals surface area contributed by atoms with Gasteiger partial charge in [0.05, 0.1) is 0 Å². The van der Waals surface area contributed by atoms with Gasteiger partial charge in [-0.1, -0.05) is 30.9 Å². The Labute approximate surface area is 70.7 Å². The molecule has 0 aromatic carbocycles. The van der Waals surface area contributed by atoms with Gasteiger partial charge in [-0.25, -0.2) is 0 Å². The molecule has 0 heterocycles. The molecule has 0 N–H and O–H groups in total. The zero-order valence-corrected chi connectivity index (χ0v) is 8.11. The third-order valence-electron chi connectivity index (χ3n) is 2.95. The summed E-state index contributed by atoms with van der Waals surface area (Å²) in [4.78, 5) is 0. The van der Waals surface area contributed by atoms with E-state index in [1.54, 1.807) is 11.1 Å². The largest absolute Gasteiger partial charge is 0.0744 e. The summed E-state index contributed by atoms with van der Waals surface area (Å²) in [6, 6.07) is 0. The smallest absolute Gasteiger partial charge is 0.0292 e. The maximum absolute atomic E-state index is 2.30. The summed E-state index contributed by atoms with van der Waals surface area (Å²) in [5.74, 6) is 1.00. The van der Waals surface area contributed by atoms with Crippen LogP contribution in [-0.2, 0) is 0 Å². The number of rotatable bonds is 2. The Morgan fingerprint density at radius 3 is 2.55 bits per heavy atom. The normalized spacial score (nSPS) is 25.9. The van der Waals surface area contributed by atoms with Gasteiger partial charge < -0.3 is 0 Å². The Morgan fingerprint density at radius 2 is 2.00 bits per heavy atom. The molecule has 0 saturated carbocycles. The Hall–Kier alpha value is -0.260. The number of hydrogen-bond donors (Lipinski definition) is 0. The molecule has 11 heavy (non-hydrogen) atoms. The van der Waals surface area contributed by atoms with Crippen molar-refractivity contribution in [2.24, 2.45) is 5.92 Å². The lowest BCUT2D eigenvalue weighted by Crippen LogP contribution is -2.07. The molecule has 1 atom stereocenters. The van der Waals surface area contributed by atoms with Gasteiger partial charge in [-0.05, 0) is 39.0 Å². The second-order valence-electron chi connectivity index (χ2n) is 3.96. The van der Waals surface area contributed by atoms with Crippen molar-refractivity contribution in [3.8, 4) is 0 Å². The summed E-state index contributed by atoms with van der Waals surface area (Å²) in [7, 11) is 0. The average Bonchev–Trinajstić information content (AvgIpc) is 1.98. The van der Waals surface area contributed by atoms with Crippen LogP contribution in [-0.4, -0.2) is 0 Å². The first-order valence-corrected chi connectivity index (χ1v) is 4.89. The second-order valence-corrected chi connectivity index (χ2v) is 3.96. The van der Waals surface area contributed by atoms with Crippen molar-refractivity contribution >= 4 is 0 Å². The molecule has 0 spiro atoms. The quantitative estimate of drug-likeness (QED) is 0.526. The van der Waals surface area contributed by atoms with Gasteiger partial charge in [0, 0.05) is 0 Å². The standard InChI is InChI=1S/C11H20/c1-4-5-11-7-6-9(2)10(3)8-11/h11H,4-8H2,1-3H3. The first-order valence-electron chi connectivity index (χ1n) is 4.89. The lowest BCUT2D eigenvalue weighted by molar-refractivity contribution is 0.420. The molecule has 1 unspecified atom stereocenters. The van der Waals surface area contributed by atoms with Crippen molar-refractivity contribution < 1.29 is 0 Å². The van der Waals surface area contributed by atoms with Gasteiger partial charge in [0.15, 0.2) is 0 Å². The van der Waals surface area contributed by atoms with Gasteiger partial charge >= 0.3 is 0 Å². The molecule has 0 aromatic rings. The van der Waals surface area contributed by atoms with Gasteiger partial charge in [0.2, 0.25) is 0 Å². The molecule has 64 valence electrons. The van der Waals surface area contributed by atoms with Crippen molar-refractivity contribution in [3.63, 3.8) is 0 Å². The van der Waals surface area contributed by atoms with Crippen molar-refractivity contribution in [1.29, 1.82) is 0 Å². The van der Waals surface area contributed by atoms with Gasteiger partial charge in [0.1, 0.15) is 0 Å². The van der Waals surface area contributed by atoms with Gasteiger partial charge in [-0.15, -0.1) is 0 Å². The van der Waals surface area contributed by atoms with E-state index in [2.05, 4.69) is 20.8 Å². The van der Waals surface area contributed by atoms with E-state index in [9.17, 15) is 0 Å². The van der Waals surface area contributed by atoms with Crippen molar-refractivity contribution in [2.75, 3.05) is 0 Å². The molecule has 1 rings (SSSR count). The summed E-state index contributed by atoms with van der Waals surface area (Å²) >= 11 is 0. The van der Waals surface area contributed by atoms with Crippen LogP contribution in [0.5, 0.6) is 0 Å². The summed E-state index contributed by atoms with van der Waals surface area (Å²) < 4.78 is 0. The van der Waals surface area contributed by atoms with Crippen LogP contribution in [0.3, 0.4) is 0 Å². The first-order chi connectivity index (χ1) is 5.24. The lowest BCUT2D eigenvalue weighted by Gasteiger charge is -2.23. The van der Waals surface area contributed by atoms with Crippen molar-refractivity contribution in [3.05, 3.63) is 11.1 Å². The molecule has 0 aromatic heterocycles. The molecule has 0 bridgehead atoms. The Balaban J connectivity index is 2.44. The predicted molar refractivity (Wildman–Crippen MR) is 50.6 cm³/mol. The topological polar surface area (TPSA) is 0 Å². The van der Waals surface area contributed by atoms with Crippen LogP contribution in [0, 0.1) is 5.92 Å². The van der Waals surface area contributed by atoms with Crippen LogP contribution in [0.1, 0.15) is 52.9 Å². The maximum atomic E-state index is 2.30. The number of hydrogen-bond acceptors (Lipinski definition) is 0. The van der Waals surface area contributed by atoms with Crippen LogP contribution in [0.25, 0.3) is 0 Å². The van der Waals surface area contributed by atoms with E-state index >= 15 is 0 Å². The predicted octanol–water partition coefficient (Wildman–Crippen LogP) is 3.92. The minimum absolute atomic E-state index is 1.00. The summed E-state index contributed by atoms with van der Waals surface area (Å²) in [6.07, 6.45) is 6.97. The third kappa shape index (κ3) is 2.36. The lowest BCUT2D eigenvalue weighted by atomic mass is 9.83. The van der Waals surface area contributed by atoms with E-state index in [1.807, 2.05) is 0 Å². The van der Waals surface area contributed by atoms with E-state index < -0.39 is 0 Å². The minimum atomic E-state index is 1.00. The van der Waals surface area contributed by atoms with Crippen molar-refractivity contribution in [2.45, 2.75) is 52.9 Å². The fraction of sp³-hybridized carbons (Fsp3) is 0.818. The van der Waals surface area contributed by atoms with Gasteiger partial charge in [0.25, 0.3) is 0 Å². The summed E-state index contributed by atoms with van der Waals surface area (Å²) in [5, 5.41) is 0. The van der Waals surface area contributed by atoms with Crippen LogP contribution in [0.15, 0.2) is 11.1 Å². The highest BCUT2D eigenvalue weighted by Crippen LogP contribution is 2.31. The highest BCUT2D eigenvalue weighted by molar-refractivity contribution is 5.13.